The van der Waals surface area contributed by atoms with Crippen LogP contribution in [0.3, 0.4) is 0 Å². The fourth-order valence-electron chi connectivity index (χ4n) is 4.75. The molecule has 2 aromatic carbocycles. The van der Waals surface area contributed by atoms with Crippen molar-refractivity contribution in [3.05, 3.63) is 71.7 Å². The van der Waals surface area contributed by atoms with Crippen LogP contribution in [0.5, 0.6) is 0 Å². The number of H-pyrrole nitrogens is 2. The molecule has 1 amide bonds. The highest BCUT2D eigenvalue weighted by Gasteiger charge is 2.25. The lowest BCUT2D eigenvalue weighted by Gasteiger charge is -2.24. The molecule has 0 spiro atoms. The molecule has 0 atom stereocenters. The van der Waals surface area contributed by atoms with Crippen LogP contribution in [0.15, 0.2) is 71.7 Å². The summed E-state index contributed by atoms with van der Waals surface area (Å²) in [4.78, 5) is 25.2. The SMILES string of the molecule is O=C(Nc1cncc(-c2ccc3[nH]nc(-c4nc5c(-c6ccsc6)cccc5[nH]4)c3c2)c1)C1CCC1. The van der Waals surface area contributed by atoms with Gasteiger partial charge in [0, 0.05) is 28.6 Å². The van der Waals surface area contributed by atoms with Gasteiger partial charge in [-0.15, -0.1) is 0 Å². The second kappa shape index (κ2) is 8.42. The van der Waals surface area contributed by atoms with Crippen LogP contribution in [0, 0.1) is 5.92 Å². The fraction of sp³-hybridized carbons (Fsp3) is 0.143. The molecular weight excluding hydrogens is 468 g/mol. The molecule has 0 unspecified atom stereocenters. The monoisotopic (exact) mass is 490 g/mol. The van der Waals surface area contributed by atoms with E-state index in [1.54, 1.807) is 17.5 Å². The van der Waals surface area contributed by atoms with Gasteiger partial charge in [0.25, 0.3) is 0 Å². The molecule has 8 heteroatoms. The standard InChI is InChI=1S/C28H22N6OS/c35-28(16-3-1-4-16)30-20-11-19(13-29-14-20)17-7-8-23-22(12-17)26(34-33-23)27-31-24-6-2-5-21(25(24)32-27)18-9-10-36-15-18/h2,5-16H,1,3-4H2,(H,30,35)(H,31,32)(H,33,34). The predicted octanol–water partition coefficient (Wildman–Crippen LogP) is 6.64. The Labute approximate surface area is 210 Å². The van der Waals surface area contributed by atoms with Gasteiger partial charge in [-0.1, -0.05) is 24.6 Å². The second-order valence-corrected chi connectivity index (χ2v) is 9.99. The summed E-state index contributed by atoms with van der Waals surface area (Å²) in [6, 6.07) is 16.4. The maximum atomic E-state index is 12.4. The number of fused-ring (bicyclic) bond motifs is 2. The minimum atomic E-state index is 0.0829. The molecule has 1 aliphatic carbocycles. The van der Waals surface area contributed by atoms with Crippen LogP contribution in [-0.4, -0.2) is 31.1 Å². The van der Waals surface area contributed by atoms with Gasteiger partial charge in [-0.2, -0.15) is 16.4 Å². The third kappa shape index (κ3) is 3.58. The van der Waals surface area contributed by atoms with Crippen LogP contribution >= 0.6 is 11.3 Å². The van der Waals surface area contributed by atoms with Crippen molar-refractivity contribution in [1.29, 1.82) is 0 Å². The number of thiophene rings is 1. The Morgan fingerprint density at radius 1 is 1.00 bits per heavy atom. The van der Waals surface area contributed by atoms with Gasteiger partial charge in [0.1, 0.15) is 5.69 Å². The van der Waals surface area contributed by atoms with Crippen LogP contribution in [0.25, 0.3) is 55.7 Å². The molecule has 0 bridgehead atoms. The average Bonchev–Trinajstić information content (AvgIpc) is 3.61. The Kier molecular flexibility index (Phi) is 4.92. The molecule has 0 saturated heterocycles. The highest BCUT2D eigenvalue weighted by molar-refractivity contribution is 7.08. The van der Waals surface area contributed by atoms with Crippen molar-refractivity contribution in [1.82, 2.24) is 25.1 Å². The number of imidazole rings is 1. The van der Waals surface area contributed by atoms with Crippen molar-refractivity contribution >= 4 is 44.9 Å². The maximum absolute atomic E-state index is 12.4. The first-order valence-corrected chi connectivity index (χ1v) is 12.9. The zero-order valence-electron chi connectivity index (χ0n) is 19.3. The summed E-state index contributed by atoms with van der Waals surface area (Å²) in [5.74, 6) is 0.928. The number of carbonyl (C=O) groups excluding carboxylic acids is 1. The van der Waals surface area contributed by atoms with Crippen LogP contribution in [0.2, 0.25) is 0 Å². The molecule has 4 aromatic heterocycles. The number of rotatable bonds is 5. The van der Waals surface area contributed by atoms with E-state index in [0.29, 0.717) is 0 Å². The first kappa shape index (κ1) is 21.0. The van der Waals surface area contributed by atoms with E-state index in [1.165, 1.54) is 0 Å². The smallest absolute Gasteiger partial charge is 0.227 e. The zero-order chi connectivity index (χ0) is 24.1. The molecule has 4 heterocycles. The van der Waals surface area contributed by atoms with Crippen molar-refractivity contribution in [2.24, 2.45) is 5.92 Å². The highest BCUT2D eigenvalue weighted by atomic mass is 32.1. The minimum absolute atomic E-state index is 0.0829. The van der Waals surface area contributed by atoms with E-state index in [4.69, 9.17) is 4.98 Å². The van der Waals surface area contributed by atoms with Crippen molar-refractivity contribution in [3.63, 3.8) is 0 Å². The molecule has 176 valence electrons. The van der Waals surface area contributed by atoms with Gasteiger partial charge in [0.15, 0.2) is 5.82 Å². The minimum Gasteiger partial charge on any atom is -0.337 e. The topological polar surface area (TPSA) is 99.3 Å². The summed E-state index contributed by atoms with van der Waals surface area (Å²) in [5, 5.41) is 15.9. The molecule has 0 aliphatic heterocycles. The van der Waals surface area contributed by atoms with Gasteiger partial charge < -0.3 is 10.3 Å². The number of benzene rings is 2. The number of nitrogens with one attached hydrogen (secondary N) is 3. The summed E-state index contributed by atoms with van der Waals surface area (Å²) in [5.41, 5.74) is 8.49. The van der Waals surface area contributed by atoms with Crippen molar-refractivity contribution in [2.75, 3.05) is 5.32 Å². The summed E-state index contributed by atoms with van der Waals surface area (Å²) < 4.78 is 0. The van der Waals surface area contributed by atoms with E-state index in [9.17, 15) is 4.79 Å². The third-order valence-electron chi connectivity index (χ3n) is 6.95. The molecule has 3 N–H and O–H groups in total. The van der Waals surface area contributed by atoms with Crippen LogP contribution in [-0.2, 0) is 4.79 Å². The lowest BCUT2D eigenvalue weighted by molar-refractivity contribution is -0.122. The lowest BCUT2D eigenvalue weighted by Crippen LogP contribution is -2.28. The second-order valence-electron chi connectivity index (χ2n) is 9.21. The number of nitrogens with zero attached hydrogens (tertiary/aromatic N) is 3. The van der Waals surface area contributed by atoms with Crippen molar-refractivity contribution < 1.29 is 4.79 Å². The Balaban J connectivity index is 1.26. The van der Waals surface area contributed by atoms with Gasteiger partial charge in [0.2, 0.25) is 5.91 Å². The number of pyridine rings is 1. The quantitative estimate of drug-likeness (QED) is 0.252. The molecule has 1 fully saturated rings. The van der Waals surface area contributed by atoms with Gasteiger partial charge in [-0.05, 0) is 65.1 Å². The normalized spacial score (nSPS) is 13.8. The number of para-hydroxylation sites is 1. The maximum Gasteiger partial charge on any atom is 0.227 e. The first-order chi connectivity index (χ1) is 17.7. The van der Waals surface area contributed by atoms with Crippen LogP contribution in [0.1, 0.15) is 19.3 Å². The third-order valence-corrected chi connectivity index (χ3v) is 7.63. The van der Waals surface area contributed by atoms with E-state index in [-0.39, 0.29) is 11.8 Å². The van der Waals surface area contributed by atoms with Crippen LogP contribution < -0.4 is 5.32 Å². The largest absolute Gasteiger partial charge is 0.337 e. The Hall–Kier alpha value is -4.30. The van der Waals surface area contributed by atoms with E-state index in [1.807, 2.05) is 36.5 Å². The molecule has 7 rings (SSSR count). The molecule has 1 saturated carbocycles. The molecule has 7 nitrogen and oxygen atoms in total. The highest BCUT2D eigenvalue weighted by Crippen LogP contribution is 2.34. The first-order valence-electron chi connectivity index (χ1n) is 12.0. The van der Waals surface area contributed by atoms with Crippen molar-refractivity contribution in [3.8, 4) is 33.8 Å². The number of carbonyl (C=O) groups is 1. The van der Waals surface area contributed by atoms with Gasteiger partial charge >= 0.3 is 0 Å². The Morgan fingerprint density at radius 2 is 1.94 bits per heavy atom. The van der Waals surface area contributed by atoms with E-state index >= 15 is 0 Å². The van der Waals surface area contributed by atoms with E-state index < -0.39 is 0 Å². The molecular formula is C28H22N6OS. The summed E-state index contributed by atoms with van der Waals surface area (Å²) in [6.45, 7) is 0. The Morgan fingerprint density at radius 3 is 2.78 bits per heavy atom. The number of amides is 1. The van der Waals surface area contributed by atoms with Gasteiger partial charge in [-0.3, -0.25) is 14.9 Å². The summed E-state index contributed by atoms with van der Waals surface area (Å²) >= 11 is 1.67. The molecule has 0 radical (unpaired) electrons. The summed E-state index contributed by atoms with van der Waals surface area (Å²) in [6.07, 6.45) is 6.57. The number of aromatic nitrogens is 5. The predicted molar refractivity (Wildman–Crippen MR) is 144 cm³/mol. The molecule has 6 aromatic rings. The van der Waals surface area contributed by atoms with E-state index in [2.05, 4.69) is 54.4 Å². The average molecular weight is 491 g/mol. The number of anilines is 1. The lowest BCUT2D eigenvalue weighted by atomic mass is 9.85. The van der Waals surface area contributed by atoms with E-state index in [0.717, 1.165) is 80.7 Å². The van der Waals surface area contributed by atoms with Gasteiger partial charge in [0.05, 0.1) is 28.4 Å². The molecule has 1 aliphatic rings. The summed E-state index contributed by atoms with van der Waals surface area (Å²) in [7, 11) is 0. The Bertz CT molecular complexity index is 1730. The van der Waals surface area contributed by atoms with Crippen molar-refractivity contribution in [2.45, 2.75) is 19.3 Å². The number of hydrogen-bond acceptors (Lipinski definition) is 5. The molecule has 36 heavy (non-hydrogen) atoms. The number of hydrogen-bond donors (Lipinski definition) is 3. The zero-order valence-corrected chi connectivity index (χ0v) is 20.1. The van der Waals surface area contributed by atoms with Gasteiger partial charge in [-0.25, -0.2) is 4.98 Å². The fourth-order valence-corrected chi connectivity index (χ4v) is 5.41. The van der Waals surface area contributed by atoms with Crippen LogP contribution in [0.4, 0.5) is 5.69 Å². The number of aromatic amines is 2.